The van der Waals surface area contributed by atoms with Crippen molar-refractivity contribution >= 4 is 0 Å². The third-order valence-electron chi connectivity index (χ3n) is 2.26. The molecule has 1 saturated heterocycles. The highest BCUT2D eigenvalue weighted by Gasteiger charge is 2.22. The minimum Gasteiger partial charge on any atom is -0.375 e. The van der Waals surface area contributed by atoms with Crippen LogP contribution in [0.25, 0.3) is 0 Å². The van der Waals surface area contributed by atoms with Gasteiger partial charge >= 0.3 is 0 Å². The molecule has 1 aliphatic heterocycles. The lowest BCUT2D eigenvalue weighted by atomic mass is 10.1. The van der Waals surface area contributed by atoms with Crippen molar-refractivity contribution < 1.29 is 4.74 Å². The average molecular weight is 158 g/mol. The van der Waals surface area contributed by atoms with Gasteiger partial charge in [0.25, 0.3) is 0 Å². The van der Waals surface area contributed by atoms with Gasteiger partial charge in [0.2, 0.25) is 0 Å². The van der Waals surface area contributed by atoms with Gasteiger partial charge in [-0.05, 0) is 25.7 Å². The molecule has 0 radical (unpaired) electrons. The van der Waals surface area contributed by atoms with Crippen molar-refractivity contribution in [2.75, 3.05) is 6.54 Å². The molecule has 0 amide bonds. The first-order chi connectivity index (χ1) is 5.36. The van der Waals surface area contributed by atoms with E-state index in [1.165, 1.54) is 12.8 Å². The summed E-state index contributed by atoms with van der Waals surface area (Å²) in [5, 5.41) is 0. The van der Waals surface area contributed by atoms with Crippen LogP contribution < -0.4 is 11.3 Å². The van der Waals surface area contributed by atoms with Crippen molar-refractivity contribution in [1.29, 1.82) is 0 Å². The van der Waals surface area contributed by atoms with Crippen LogP contribution in [0, 0.1) is 0 Å². The van der Waals surface area contributed by atoms with Crippen molar-refractivity contribution in [1.82, 2.24) is 5.43 Å². The minimum atomic E-state index is 0.455. The first-order valence-electron chi connectivity index (χ1n) is 4.45. The monoisotopic (exact) mass is 158 g/mol. The largest absolute Gasteiger partial charge is 0.375 e. The van der Waals surface area contributed by atoms with Crippen molar-refractivity contribution in [2.24, 2.45) is 5.84 Å². The molecule has 0 aliphatic carbocycles. The Morgan fingerprint density at radius 1 is 1.45 bits per heavy atom. The second-order valence-electron chi connectivity index (χ2n) is 3.11. The van der Waals surface area contributed by atoms with Gasteiger partial charge in [-0.1, -0.05) is 6.92 Å². The first-order valence-corrected chi connectivity index (χ1v) is 4.45. The number of ether oxygens (including phenoxy) is 1. The molecule has 1 fully saturated rings. The van der Waals surface area contributed by atoms with E-state index in [4.69, 9.17) is 10.6 Å². The molecule has 1 heterocycles. The number of nitrogens with one attached hydrogen (secondary N) is 1. The molecule has 3 heteroatoms. The molecule has 0 aromatic rings. The van der Waals surface area contributed by atoms with Crippen LogP contribution in [0.4, 0.5) is 0 Å². The molecule has 3 N–H and O–H groups in total. The summed E-state index contributed by atoms with van der Waals surface area (Å²) in [7, 11) is 0. The lowest BCUT2D eigenvalue weighted by Crippen LogP contribution is -2.26. The molecule has 0 bridgehead atoms. The Bertz CT molecular complexity index is 108. The van der Waals surface area contributed by atoms with E-state index in [0.717, 1.165) is 19.4 Å². The summed E-state index contributed by atoms with van der Waals surface area (Å²) >= 11 is 0. The fourth-order valence-corrected chi connectivity index (χ4v) is 1.54. The zero-order valence-corrected chi connectivity index (χ0v) is 7.18. The van der Waals surface area contributed by atoms with Crippen LogP contribution in [0.1, 0.15) is 32.6 Å². The van der Waals surface area contributed by atoms with E-state index in [1.54, 1.807) is 0 Å². The zero-order chi connectivity index (χ0) is 8.10. The highest BCUT2D eigenvalue weighted by atomic mass is 16.5. The third kappa shape index (κ3) is 2.77. The topological polar surface area (TPSA) is 47.3 Å². The summed E-state index contributed by atoms with van der Waals surface area (Å²) in [5.41, 5.74) is 2.65. The number of hydrazine groups is 1. The minimum absolute atomic E-state index is 0.455. The molecule has 0 aromatic heterocycles. The Morgan fingerprint density at radius 3 is 2.73 bits per heavy atom. The predicted molar refractivity (Wildman–Crippen MR) is 45.0 cm³/mol. The summed E-state index contributed by atoms with van der Waals surface area (Å²) in [6.45, 7) is 3.04. The molecule has 3 nitrogen and oxygen atoms in total. The summed E-state index contributed by atoms with van der Waals surface area (Å²) in [4.78, 5) is 0. The Balaban J connectivity index is 2.09. The Hall–Kier alpha value is -0.120. The first kappa shape index (κ1) is 8.97. The van der Waals surface area contributed by atoms with Crippen LogP contribution in [0.2, 0.25) is 0 Å². The van der Waals surface area contributed by atoms with Crippen LogP contribution >= 0.6 is 0 Å². The summed E-state index contributed by atoms with van der Waals surface area (Å²) in [5.74, 6) is 5.17. The Labute approximate surface area is 68.3 Å². The number of nitrogens with two attached hydrogens (primary N) is 1. The average Bonchev–Trinajstić information content (AvgIpc) is 2.48. The summed E-state index contributed by atoms with van der Waals surface area (Å²) < 4.78 is 5.72. The van der Waals surface area contributed by atoms with Crippen LogP contribution in [0.5, 0.6) is 0 Å². The van der Waals surface area contributed by atoms with Gasteiger partial charge in [0.1, 0.15) is 0 Å². The lowest BCUT2D eigenvalue weighted by molar-refractivity contribution is 0.0391. The van der Waals surface area contributed by atoms with Gasteiger partial charge in [-0.25, -0.2) is 0 Å². The van der Waals surface area contributed by atoms with Crippen molar-refractivity contribution in [3.8, 4) is 0 Å². The summed E-state index contributed by atoms with van der Waals surface area (Å²) in [6, 6.07) is 0. The van der Waals surface area contributed by atoms with Gasteiger partial charge in [0, 0.05) is 6.54 Å². The quantitative estimate of drug-likeness (QED) is 0.470. The molecule has 2 atom stereocenters. The maximum Gasteiger partial charge on any atom is 0.0592 e. The molecule has 1 rings (SSSR count). The van der Waals surface area contributed by atoms with Gasteiger partial charge in [0.05, 0.1) is 12.2 Å². The van der Waals surface area contributed by atoms with Crippen LogP contribution in [-0.2, 0) is 4.74 Å². The molecule has 0 spiro atoms. The van der Waals surface area contributed by atoms with Crippen LogP contribution in [-0.4, -0.2) is 18.8 Å². The van der Waals surface area contributed by atoms with Gasteiger partial charge in [-0.3, -0.25) is 11.3 Å². The fraction of sp³-hybridized carbons (Fsp3) is 1.00. The molecule has 2 unspecified atom stereocenters. The van der Waals surface area contributed by atoms with Crippen LogP contribution in [0.3, 0.4) is 0 Å². The van der Waals surface area contributed by atoms with E-state index < -0.39 is 0 Å². The third-order valence-corrected chi connectivity index (χ3v) is 2.26. The van der Waals surface area contributed by atoms with Crippen molar-refractivity contribution in [3.05, 3.63) is 0 Å². The molecule has 1 aliphatic rings. The standard InChI is InChI=1S/C8H18N2O/c1-2-7-3-4-8(11-7)5-6-10-9/h7-8,10H,2-6,9H2,1H3. The van der Waals surface area contributed by atoms with E-state index in [0.29, 0.717) is 12.2 Å². The molecular formula is C8H18N2O. The van der Waals surface area contributed by atoms with E-state index in [2.05, 4.69) is 12.3 Å². The predicted octanol–water partition coefficient (Wildman–Crippen LogP) is 0.797. The van der Waals surface area contributed by atoms with Gasteiger partial charge in [-0.2, -0.15) is 0 Å². The van der Waals surface area contributed by atoms with E-state index in [-0.39, 0.29) is 0 Å². The van der Waals surface area contributed by atoms with Gasteiger partial charge < -0.3 is 4.74 Å². The lowest BCUT2D eigenvalue weighted by Gasteiger charge is -2.11. The van der Waals surface area contributed by atoms with Crippen LogP contribution in [0.15, 0.2) is 0 Å². The van der Waals surface area contributed by atoms with Gasteiger partial charge in [0.15, 0.2) is 0 Å². The van der Waals surface area contributed by atoms with Crippen molar-refractivity contribution in [2.45, 2.75) is 44.8 Å². The number of hydrogen-bond donors (Lipinski definition) is 2. The van der Waals surface area contributed by atoms with Crippen molar-refractivity contribution in [3.63, 3.8) is 0 Å². The summed E-state index contributed by atoms with van der Waals surface area (Å²) in [6.07, 6.45) is 5.60. The molecule has 11 heavy (non-hydrogen) atoms. The molecular weight excluding hydrogens is 140 g/mol. The molecule has 0 aromatic carbocycles. The van der Waals surface area contributed by atoms with E-state index in [1.807, 2.05) is 0 Å². The highest BCUT2D eigenvalue weighted by Crippen LogP contribution is 2.23. The maximum absolute atomic E-state index is 5.72. The smallest absolute Gasteiger partial charge is 0.0592 e. The zero-order valence-electron chi connectivity index (χ0n) is 7.18. The second-order valence-corrected chi connectivity index (χ2v) is 3.11. The SMILES string of the molecule is CCC1CCC(CCNN)O1. The number of hydrogen-bond acceptors (Lipinski definition) is 3. The Morgan fingerprint density at radius 2 is 2.18 bits per heavy atom. The maximum atomic E-state index is 5.72. The molecule has 0 saturated carbocycles. The molecule has 66 valence electrons. The van der Waals surface area contributed by atoms with E-state index >= 15 is 0 Å². The van der Waals surface area contributed by atoms with Gasteiger partial charge in [-0.15, -0.1) is 0 Å². The highest BCUT2D eigenvalue weighted by molar-refractivity contribution is 4.72. The number of rotatable bonds is 4. The Kier molecular flexibility index (Phi) is 3.83. The van der Waals surface area contributed by atoms with E-state index in [9.17, 15) is 0 Å². The fourth-order valence-electron chi connectivity index (χ4n) is 1.54. The normalized spacial score (nSPS) is 31.1. The second kappa shape index (κ2) is 4.70.